The predicted molar refractivity (Wildman–Crippen MR) is 114 cm³/mol. The number of carbonyl (C=O) groups is 2. The third-order valence-electron chi connectivity index (χ3n) is 4.78. The van der Waals surface area contributed by atoms with Crippen LogP contribution in [0.5, 0.6) is 5.75 Å². The molecule has 1 aromatic carbocycles. The Hall–Kier alpha value is -4.62. The lowest BCUT2D eigenvalue weighted by Gasteiger charge is -2.20. The first kappa shape index (κ1) is 23.5. The van der Waals surface area contributed by atoms with E-state index in [-0.39, 0.29) is 42.7 Å². The minimum Gasteiger partial charge on any atom is -0.494 e. The lowest BCUT2D eigenvalue weighted by molar-refractivity contribution is -0.151. The van der Waals surface area contributed by atoms with Gasteiger partial charge in [-0.15, -0.1) is 10.2 Å². The van der Waals surface area contributed by atoms with Crippen LogP contribution in [0.25, 0.3) is 11.5 Å². The zero-order valence-electron chi connectivity index (χ0n) is 18.6. The average molecular weight is 485 g/mol. The van der Waals surface area contributed by atoms with Crippen molar-refractivity contribution in [3.05, 3.63) is 59.2 Å². The van der Waals surface area contributed by atoms with Crippen molar-refractivity contribution >= 4 is 11.9 Å². The Morgan fingerprint density at radius 1 is 1.31 bits per heavy atom. The van der Waals surface area contributed by atoms with Gasteiger partial charge < -0.3 is 24.6 Å². The molecule has 3 aromatic rings. The molecule has 1 amide bonds. The number of carbonyl (C=O) groups excluding carboxylic acids is 1. The molecular weight excluding hydrogens is 465 g/mol. The van der Waals surface area contributed by atoms with E-state index in [0.29, 0.717) is 17.1 Å². The summed E-state index contributed by atoms with van der Waals surface area (Å²) < 4.78 is 29.0. The summed E-state index contributed by atoms with van der Waals surface area (Å²) in [6.07, 6.45) is 0.121. The minimum absolute atomic E-state index is 0.0535. The average Bonchev–Trinajstić information content (AvgIpc) is 3.31. The number of hydrogen-bond acceptors (Lipinski definition) is 10. The topological polar surface area (TPSA) is 163 Å². The van der Waals surface area contributed by atoms with Crippen molar-refractivity contribution in [1.82, 2.24) is 35.5 Å². The first-order chi connectivity index (χ1) is 16.8. The Morgan fingerprint density at radius 2 is 2.14 bits per heavy atom. The highest BCUT2D eigenvalue weighted by molar-refractivity contribution is 5.93. The van der Waals surface area contributed by atoms with Gasteiger partial charge in [0, 0.05) is 6.54 Å². The largest absolute Gasteiger partial charge is 0.494 e. The number of ether oxygens (including phenoxy) is 3. The summed E-state index contributed by atoms with van der Waals surface area (Å²) >= 11 is 0. The van der Waals surface area contributed by atoms with Crippen LogP contribution in [0.3, 0.4) is 0 Å². The van der Waals surface area contributed by atoms with Crippen LogP contribution in [0, 0.1) is 12.7 Å². The van der Waals surface area contributed by atoms with Crippen LogP contribution >= 0.6 is 0 Å². The van der Waals surface area contributed by atoms with Crippen molar-refractivity contribution in [2.75, 3.05) is 13.7 Å². The molecule has 182 valence electrons. The number of carboxylic acid groups (broad SMARTS) is 1. The molecule has 0 radical (unpaired) electrons. The summed E-state index contributed by atoms with van der Waals surface area (Å²) in [5, 5.41) is 23.7. The monoisotopic (exact) mass is 485 g/mol. The first-order valence-electron chi connectivity index (χ1n) is 10.3. The van der Waals surface area contributed by atoms with Crippen molar-refractivity contribution in [1.29, 1.82) is 0 Å². The summed E-state index contributed by atoms with van der Waals surface area (Å²) in [7, 11) is 1.36. The molecule has 14 heteroatoms. The highest BCUT2D eigenvalue weighted by Crippen LogP contribution is 2.18. The fourth-order valence-electron chi connectivity index (χ4n) is 3.06. The third kappa shape index (κ3) is 5.66. The first-order valence-corrected chi connectivity index (χ1v) is 10.3. The number of aryl methyl sites for hydroxylation is 1. The second-order valence-corrected chi connectivity index (χ2v) is 7.34. The number of nitrogens with one attached hydrogen (secondary N) is 1. The van der Waals surface area contributed by atoms with Gasteiger partial charge in [-0.1, -0.05) is 6.07 Å². The van der Waals surface area contributed by atoms with Gasteiger partial charge in [0.2, 0.25) is 11.9 Å². The number of methoxy groups -OCH3 is 1. The number of aliphatic carboxylic acids is 1. The van der Waals surface area contributed by atoms with E-state index in [1.165, 1.54) is 42.4 Å². The van der Waals surface area contributed by atoms with Crippen molar-refractivity contribution in [2.24, 2.45) is 0 Å². The molecule has 1 aliphatic rings. The molecule has 0 aliphatic carbocycles. The zero-order chi connectivity index (χ0) is 24.9. The van der Waals surface area contributed by atoms with E-state index >= 15 is 0 Å². The Labute approximate surface area is 197 Å². The molecular formula is C21H20FN7O6. The van der Waals surface area contributed by atoms with E-state index in [0.717, 1.165) is 0 Å². The molecule has 0 saturated heterocycles. The molecule has 35 heavy (non-hydrogen) atoms. The van der Waals surface area contributed by atoms with E-state index in [2.05, 4.69) is 30.7 Å². The number of amides is 1. The van der Waals surface area contributed by atoms with Crippen molar-refractivity contribution in [2.45, 2.75) is 26.1 Å². The Morgan fingerprint density at radius 3 is 2.86 bits per heavy atom. The standard InChI is InChI=1S/C21H20FN7O6/c1-11-24-15(19-26-28-29(27-19)8-13-9-35-18(10-34-13)21(31)32)6-16(25-11)20(30)23-7-12-3-4-14(22)17(5-12)33-2/h3-6,9,18H,7-8,10H2,1-2H3,(H,23,30)(H,31,32)/t18-/m0/s1. The van der Waals surface area contributed by atoms with Crippen molar-refractivity contribution < 1.29 is 33.3 Å². The van der Waals surface area contributed by atoms with Gasteiger partial charge >= 0.3 is 5.97 Å². The van der Waals surface area contributed by atoms with Gasteiger partial charge in [-0.05, 0) is 35.9 Å². The van der Waals surface area contributed by atoms with Crippen LogP contribution in [0.2, 0.25) is 0 Å². The van der Waals surface area contributed by atoms with Crippen LogP contribution in [0.1, 0.15) is 21.9 Å². The highest BCUT2D eigenvalue weighted by Gasteiger charge is 2.24. The zero-order valence-corrected chi connectivity index (χ0v) is 18.6. The molecule has 13 nitrogen and oxygen atoms in total. The molecule has 3 heterocycles. The second-order valence-electron chi connectivity index (χ2n) is 7.34. The Balaban J connectivity index is 1.43. The fourth-order valence-corrected chi connectivity index (χ4v) is 3.06. The number of halogens is 1. The van der Waals surface area contributed by atoms with E-state index in [1.54, 1.807) is 6.92 Å². The van der Waals surface area contributed by atoms with Gasteiger partial charge in [0.1, 0.15) is 36.6 Å². The van der Waals surface area contributed by atoms with E-state index in [9.17, 15) is 14.0 Å². The number of aromatic nitrogens is 6. The van der Waals surface area contributed by atoms with Crippen molar-refractivity contribution in [3.63, 3.8) is 0 Å². The molecule has 4 rings (SSSR count). The maximum atomic E-state index is 13.6. The summed E-state index contributed by atoms with van der Waals surface area (Å²) in [5.74, 6) is -1.23. The lowest BCUT2D eigenvalue weighted by atomic mass is 10.2. The van der Waals surface area contributed by atoms with Crippen LogP contribution in [-0.4, -0.2) is 67.0 Å². The number of rotatable bonds is 8. The van der Waals surface area contributed by atoms with E-state index in [4.69, 9.17) is 19.3 Å². The van der Waals surface area contributed by atoms with Gasteiger partial charge in [0.15, 0.2) is 17.3 Å². The quantitative estimate of drug-likeness (QED) is 0.465. The fraction of sp³-hybridized carbons (Fsp3) is 0.286. The van der Waals surface area contributed by atoms with Crippen LogP contribution < -0.4 is 10.1 Å². The molecule has 0 bridgehead atoms. The van der Waals surface area contributed by atoms with Gasteiger partial charge in [-0.3, -0.25) is 4.79 Å². The summed E-state index contributed by atoms with van der Waals surface area (Å²) in [6.45, 7) is 1.66. The number of hydrogen-bond donors (Lipinski definition) is 2. The number of carboxylic acids is 1. The molecule has 0 spiro atoms. The van der Waals surface area contributed by atoms with E-state index in [1.807, 2.05) is 0 Å². The smallest absolute Gasteiger partial charge is 0.348 e. The Bertz CT molecular complexity index is 1290. The van der Waals surface area contributed by atoms with E-state index < -0.39 is 23.8 Å². The van der Waals surface area contributed by atoms with Gasteiger partial charge in [0.05, 0.1) is 7.11 Å². The molecule has 0 unspecified atom stereocenters. The molecule has 2 N–H and O–H groups in total. The summed E-state index contributed by atoms with van der Waals surface area (Å²) in [6, 6.07) is 5.71. The van der Waals surface area contributed by atoms with Gasteiger partial charge in [0.25, 0.3) is 5.91 Å². The normalized spacial score (nSPS) is 14.9. The Kier molecular flexibility index (Phi) is 6.80. The van der Waals surface area contributed by atoms with Crippen LogP contribution in [0.15, 0.2) is 36.3 Å². The molecule has 0 saturated carbocycles. The molecule has 0 fully saturated rings. The number of allylic oxidation sites excluding steroid dienone is 1. The van der Waals surface area contributed by atoms with Crippen LogP contribution in [-0.2, 0) is 27.4 Å². The number of benzene rings is 1. The maximum Gasteiger partial charge on any atom is 0.348 e. The van der Waals surface area contributed by atoms with Crippen molar-refractivity contribution in [3.8, 4) is 17.3 Å². The van der Waals surface area contributed by atoms with Gasteiger partial charge in [-0.2, -0.15) is 4.80 Å². The van der Waals surface area contributed by atoms with Gasteiger partial charge in [-0.25, -0.2) is 19.2 Å². The lowest BCUT2D eigenvalue weighted by Crippen LogP contribution is -2.31. The number of tetrazole rings is 1. The second kappa shape index (κ2) is 10.1. The summed E-state index contributed by atoms with van der Waals surface area (Å²) in [4.78, 5) is 33.2. The molecule has 1 aliphatic heterocycles. The molecule has 2 aromatic heterocycles. The summed E-state index contributed by atoms with van der Waals surface area (Å²) in [5.41, 5.74) is 1.01. The maximum absolute atomic E-state index is 13.6. The number of nitrogens with zero attached hydrogens (tertiary/aromatic N) is 6. The van der Waals surface area contributed by atoms with Crippen LogP contribution in [0.4, 0.5) is 4.39 Å². The highest BCUT2D eigenvalue weighted by atomic mass is 19.1. The minimum atomic E-state index is -1.13. The predicted octanol–water partition coefficient (Wildman–Crippen LogP) is 0.858. The third-order valence-corrected chi connectivity index (χ3v) is 4.78. The molecule has 1 atom stereocenters. The SMILES string of the molecule is COc1cc(CNC(=O)c2cc(-c3nnn(CC4=CO[C@H](C(=O)O)CO4)n3)nc(C)n2)ccc1F.